The molecule has 0 aliphatic heterocycles. The van der Waals surface area contributed by atoms with Crippen molar-refractivity contribution in [1.82, 2.24) is 0 Å². The standard InChI is InChI=1S/C2H6O4S.CH4O3S/c1-5-7(3,4)6-2;1-5(2,3)4/h1-2H3;1H3,(H,2,3,4). The molecule has 0 bridgehead atoms. The molecule has 12 heavy (non-hydrogen) atoms. The van der Waals surface area contributed by atoms with Crippen molar-refractivity contribution in [3.05, 3.63) is 0 Å². The predicted molar refractivity (Wildman–Crippen MR) is 40.4 cm³/mol. The van der Waals surface area contributed by atoms with E-state index in [0.29, 0.717) is 6.26 Å². The van der Waals surface area contributed by atoms with Gasteiger partial charge in [-0.2, -0.15) is 16.8 Å². The molecule has 0 heterocycles. The van der Waals surface area contributed by atoms with Crippen molar-refractivity contribution in [2.24, 2.45) is 0 Å². The van der Waals surface area contributed by atoms with Crippen LogP contribution in [0.4, 0.5) is 0 Å². The summed E-state index contributed by atoms with van der Waals surface area (Å²) >= 11 is 0. The van der Waals surface area contributed by atoms with Gasteiger partial charge < -0.3 is 0 Å². The molecular weight excluding hydrogens is 212 g/mol. The van der Waals surface area contributed by atoms with E-state index < -0.39 is 20.5 Å². The highest BCUT2D eigenvalue weighted by Crippen LogP contribution is 1.85. The fraction of sp³-hybridized carbons (Fsp3) is 1.00. The minimum absolute atomic E-state index is 0.715. The molecule has 0 saturated heterocycles. The quantitative estimate of drug-likeness (QED) is 0.599. The van der Waals surface area contributed by atoms with Crippen LogP contribution in [0.5, 0.6) is 0 Å². The molecule has 0 spiro atoms. The summed E-state index contributed by atoms with van der Waals surface area (Å²) in [6.07, 6.45) is 0.715. The van der Waals surface area contributed by atoms with Gasteiger partial charge in [0.1, 0.15) is 0 Å². The van der Waals surface area contributed by atoms with Gasteiger partial charge in [-0.1, -0.05) is 0 Å². The van der Waals surface area contributed by atoms with E-state index in [-0.39, 0.29) is 0 Å². The Hall–Kier alpha value is -0.220. The van der Waals surface area contributed by atoms with Gasteiger partial charge in [-0.05, 0) is 0 Å². The van der Waals surface area contributed by atoms with E-state index in [4.69, 9.17) is 4.55 Å². The van der Waals surface area contributed by atoms with Crippen LogP contribution in [0.3, 0.4) is 0 Å². The van der Waals surface area contributed by atoms with Gasteiger partial charge in [0.25, 0.3) is 10.1 Å². The van der Waals surface area contributed by atoms with E-state index in [1.165, 1.54) is 0 Å². The lowest BCUT2D eigenvalue weighted by atomic mass is 11.8. The van der Waals surface area contributed by atoms with Crippen molar-refractivity contribution in [1.29, 1.82) is 0 Å². The fourth-order valence-corrected chi connectivity index (χ4v) is 0.204. The van der Waals surface area contributed by atoms with E-state index in [9.17, 15) is 16.8 Å². The Morgan fingerprint density at radius 2 is 1.17 bits per heavy atom. The maximum Gasteiger partial charge on any atom is 0.399 e. The van der Waals surface area contributed by atoms with Crippen LogP contribution in [0.1, 0.15) is 0 Å². The summed E-state index contributed by atoms with van der Waals surface area (Å²) in [6.45, 7) is 0. The zero-order valence-corrected chi connectivity index (χ0v) is 8.35. The lowest BCUT2D eigenvalue weighted by Gasteiger charge is -1.91. The second-order valence-corrected chi connectivity index (χ2v) is 4.42. The Labute approximate surface area is 71.4 Å². The first-order chi connectivity index (χ1) is 5.12. The molecule has 0 aromatic carbocycles. The molecule has 0 saturated carbocycles. The molecule has 0 rings (SSSR count). The van der Waals surface area contributed by atoms with Crippen molar-refractivity contribution < 1.29 is 29.8 Å². The topological polar surface area (TPSA) is 107 Å². The molecule has 7 nitrogen and oxygen atoms in total. The summed E-state index contributed by atoms with van der Waals surface area (Å²) in [5, 5.41) is 0. The van der Waals surface area contributed by atoms with Gasteiger partial charge in [0.15, 0.2) is 0 Å². The Morgan fingerprint density at radius 3 is 1.17 bits per heavy atom. The normalized spacial score (nSPS) is 11.7. The first-order valence-electron chi connectivity index (χ1n) is 2.41. The van der Waals surface area contributed by atoms with Gasteiger partial charge in [-0.25, -0.2) is 0 Å². The summed E-state index contributed by atoms with van der Waals surface area (Å²) in [4.78, 5) is 0. The van der Waals surface area contributed by atoms with E-state index in [0.717, 1.165) is 14.2 Å². The molecule has 0 fully saturated rings. The summed E-state index contributed by atoms with van der Waals surface area (Å²) in [6, 6.07) is 0. The molecular formula is C3H10O7S2. The second kappa shape index (κ2) is 5.43. The van der Waals surface area contributed by atoms with Gasteiger partial charge >= 0.3 is 10.4 Å². The highest BCUT2D eigenvalue weighted by molar-refractivity contribution is 7.85. The molecule has 76 valence electrons. The molecule has 0 amide bonds. The molecule has 0 atom stereocenters. The van der Waals surface area contributed by atoms with Gasteiger partial charge in [0, 0.05) is 0 Å². The van der Waals surface area contributed by atoms with Crippen LogP contribution in [0.25, 0.3) is 0 Å². The molecule has 1 N–H and O–H groups in total. The van der Waals surface area contributed by atoms with Gasteiger partial charge in [-0.3, -0.25) is 12.9 Å². The maximum absolute atomic E-state index is 9.92. The molecule has 0 unspecified atom stereocenters. The van der Waals surface area contributed by atoms with E-state index >= 15 is 0 Å². The number of hydrogen-bond donors (Lipinski definition) is 1. The minimum Gasteiger partial charge on any atom is -0.286 e. The summed E-state index contributed by atoms with van der Waals surface area (Å²) in [5.41, 5.74) is 0. The SMILES string of the molecule is COS(=O)(=O)OC.CS(=O)(=O)O. The minimum atomic E-state index is -3.67. The zero-order valence-electron chi connectivity index (χ0n) is 6.71. The summed E-state index contributed by atoms with van der Waals surface area (Å²) in [5.74, 6) is 0. The Morgan fingerprint density at radius 1 is 1.00 bits per heavy atom. The van der Waals surface area contributed by atoms with E-state index in [1.807, 2.05) is 0 Å². The average Bonchev–Trinajstić information content (AvgIpc) is 1.85. The first-order valence-corrected chi connectivity index (χ1v) is 5.59. The highest BCUT2D eigenvalue weighted by Gasteiger charge is 2.01. The van der Waals surface area contributed by atoms with Gasteiger partial charge in [0.2, 0.25) is 0 Å². The molecule has 9 heteroatoms. The van der Waals surface area contributed by atoms with Crippen LogP contribution in [-0.2, 0) is 28.9 Å². The number of hydrogen-bond acceptors (Lipinski definition) is 6. The Balaban J connectivity index is 0. The van der Waals surface area contributed by atoms with Crippen LogP contribution >= 0.6 is 0 Å². The fourth-order valence-electron chi connectivity index (χ4n) is 0.0680. The molecule has 0 aliphatic carbocycles. The maximum atomic E-state index is 9.92. The molecule has 0 aliphatic rings. The Kier molecular flexibility index (Phi) is 6.48. The van der Waals surface area contributed by atoms with E-state index in [2.05, 4.69) is 8.37 Å². The largest absolute Gasteiger partial charge is 0.399 e. The van der Waals surface area contributed by atoms with Crippen molar-refractivity contribution in [3.63, 3.8) is 0 Å². The Bertz CT molecular complexity index is 267. The monoisotopic (exact) mass is 222 g/mol. The third-order valence-electron chi connectivity index (χ3n) is 0.408. The van der Waals surface area contributed by atoms with Crippen LogP contribution in [-0.4, -0.2) is 41.9 Å². The summed E-state index contributed by atoms with van der Waals surface area (Å²) < 4.78 is 53.4. The van der Waals surface area contributed by atoms with Crippen molar-refractivity contribution in [3.8, 4) is 0 Å². The zero-order chi connectivity index (χ0) is 10.4. The van der Waals surface area contributed by atoms with Gasteiger partial charge in [-0.15, -0.1) is 0 Å². The molecule has 0 aromatic rings. The smallest absolute Gasteiger partial charge is 0.286 e. The molecule has 0 aromatic heterocycles. The third-order valence-corrected chi connectivity index (χ3v) is 1.22. The van der Waals surface area contributed by atoms with Crippen LogP contribution < -0.4 is 0 Å². The van der Waals surface area contributed by atoms with Gasteiger partial charge in [0.05, 0.1) is 20.5 Å². The van der Waals surface area contributed by atoms with Crippen LogP contribution in [0.2, 0.25) is 0 Å². The van der Waals surface area contributed by atoms with Crippen molar-refractivity contribution in [2.45, 2.75) is 0 Å². The lowest BCUT2D eigenvalue weighted by molar-refractivity contribution is 0.286. The van der Waals surface area contributed by atoms with E-state index in [1.54, 1.807) is 0 Å². The van der Waals surface area contributed by atoms with Crippen LogP contribution in [0.15, 0.2) is 0 Å². The van der Waals surface area contributed by atoms with Crippen LogP contribution in [0, 0.1) is 0 Å². The third kappa shape index (κ3) is 22.6. The second-order valence-electron chi connectivity index (χ2n) is 1.47. The first kappa shape index (κ1) is 14.3. The molecule has 0 radical (unpaired) electrons. The predicted octanol–water partition coefficient (Wildman–Crippen LogP) is -0.972. The van der Waals surface area contributed by atoms with Crippen molar-refractivity contribution >= 4 is 20.5 Å². The lowest BCUT2D eigenvalue weighted by Crippen LogP contribution is -2.02. The summed E-state index contributed by atoms with van der Waals surface area (Å²) in [7, 11) is -5.27. The highest BCUT2D eigenvalue weighted by atomic mass is 32.3. The average molecular weight is 222 g/mol. The number of rotatable bonds is 2. The van der Waals surface area contributed by atoms with Crippen molar-refractivity contribution in [2.75, 3.05) is 20.5 Å².